The molecule has 0 saturated heterocycles. The molecule has 4 heteroatoms. The highest BCUT2D eigenvalue weighted by Gasteiger charge is 2.10. The maximum Gasteiger partial charge on any atom is 0.0658 e. The number of hydrogen-bond donors (Lipinski definition) is 1. The standard InChI is InChI=1S/C11H21N3O/c1-9-11(5-6-12-3)10(2)14(13-9)7-8-15-4/h12H,5-8H2,1-4H3. The first-order valence-corrected chi connectivity index (χ1v) is 5.37. The van der Waals surface area contributed by atoms with Crippen molar-refractivity contribution < 1.29 is 4.74 Å². The van der Waals surface area contributed by atoms with E-state index in [9.17, 15) is 0 Å². The van der Waals surface area contributed by atoms with Gasteiger partial charge in [0.2, 0.25) is 0 Å². The van der Waals surface area contributed by atoms with Crippen LogP contribution in [-0.4, -0.2) is 37.1 Å². The maximum absolute atomic E-state index is 5.06. The lowest BCUT2D eigenvalue weighted by molar-refractivity contribution is 0.182. The van der Waals surface area contributed by atoms with Crippen molar-refractivity contribution in [2.45, 2.75) is 26.8 Å². The van der Waals surface area contributed by atoms with Crippen LogP contribution in [-0.2, 0) is 17.7 Å². The van der Waals surface area contributed by atoms with E-state index >= 15 is 0 Å². The van der Waals surface area contributed by atoms with Crippen LogP contribution in [0.15, 0.2) is 0 Å². The van der Waals surface area contributed by atoms with E-state index in [1.54, 1.807) is 7.11 Å². The molecule has 0 aliphatic rings. The molecule has 0 aliphatic heterocycles. The summed E-state index contributed by atoms with van der Waals surface area (Å²) in [7, 11) is 3.69. The minimum absolute atomic E-state index is 0.716. The van der Waals surface area contributed by atoms with Gasteiger partial charge in [-0.05, 0) is 39.4 Å². The summed E-state index contributed by atoms with van der Waals surface area (Å²) in [5, 5.41) is 7.67. The van der Waals surface area contributed by atoms with Crippen molar-refractivity contribution in [1.29, 1.82) is 0 Å². The number of aromatic nitrogens is 2. The second kappa shape index (κ2) is 5.88. The van der Waals surface area contributed by atoms with Crippen LogP contribution in [0, 0.1) is 13.8 Å². The van der Waals surface area contributed by atoms with E-state index < -0.39 is 0 Å². The average molecular weight is 211 g/mol. The van der Waals surface area contributed by atoms with Crippen LogP contribution in [0.4, 0.5) is 0 Å². The van der Waals surface area contributed by atoms with Crippen LogP contribution in [0.2, 0.25) is 0 Å². The first-order chi connectivity index (χ1) is 7.20. The van der Waals surface area contributed by atoms with Gasteiger partial charge in [0.1, 0.15) is 0 Å². The molecule has 1 heterocycles. The van der Waals surface area contributed by atoms with Gasteiger partial charge in [-0.3, -0.25) is 4.68 Å². The van der Waals surface area contributed by atoms with Crippen LogP contribution < -0.4 is 5.32 Å². The lowest BCUT2D eigenvalue weighted by Crippen LogP contribution is -2.12. The summed E-state index contributed by atoms with van der Waals surface area (Å²) in [6.07, 6.45) is 1.04. The van der Waals surface area contributed by atoms with Gasteiger partial charge in [0.05, 0.1) is 18.8 Å². The Morgan fingerprint density at radius 3 is 2.73 bits per heavy atom. The number of aryl methyl sites for hydroxylation is 1. The SMILES string of the molecule is CNCCc1c(C)nn(CCOC)c1C. The summed E-state index contributed by atoms with van der Waals surface area (Å²) < 4.78 is 7.09. The predicted molar refractivity (Wildman–Crippen MR) is 61.2 cm³/mol. The van der Waals surface area contributed by atoms with E-state index in [1.807, 2.05) is 11.7 Å². The third-order valence-electron chi connectivity index (χ3n) is 2.66. The van der Waals surface area contributed by atoms with Gasteiger partial charge in [0.25, 0.3) is 0 Å². The van der Waals surface area contributed by atoms with Crippen molar-refractivity contribution in [3.63, 3.8) is 0 Å². The van der Waals surface area contributed by atoms with E-state index in [4.69, 9.17) is 4.74 Å². The molecule has 4 nitrogen and oxygen atoms in total. The number of hydrogen-bond acceptors (Lipinski definition) is 3. The van der Waals surface area contributed by atoms with Gasteiger partial charge in [-0.15, -0.1) is 0 Å². The van der Waals surface area contributed by atoms with Gasteiger partial charge in [-0.1, -0.05) is 0 Å². The minimum Gasteiger partial charge on any atom is -0.383 e. The van der Waals surface area contributed by atoms with Crippen molar-refractivity contribution in [2.75, 3.05) is 27.3 Å². The smallest absolute Gasteiger partial charge is 0.0658 e. The zero-order valence-electron chi connectivity index (χ0n) is 10.1. The third-order valence-corrected chi connectivity index (χ3v) is 2.66. The Bertz CT molecular complexity index is 307. The topological polar surface area (TPSA) is 39.1 Å². The number of rotatable bonds is 6. The third kappa shape index (κ3) is 3.04. The molecule has 1 aromatic rings. The quantitative estimate of drug-likeness (QED) is 0.760. The summed E-state index contributed by atoms with van der Waals surface area (Å²) in [4.78, 5) is 0. The Kier molecular flexibility index (Phi) is 4.78. The highest BCUT2D eigenvalue weighted by molar-refractivity contribution is 5.24. The summed E-state index contributed by atoms with van der Waals surface area (Å²) in [6.45, 7) is 6.75. The highest BCUT2D eigenvalue weighted by atomic mass is 16.5. The summed E-state index contributed by atoms with van der Waals surface area (Å²) in [5.74, 6) is 0. The molecule has 15 heavy (non-hydrogen) atoms. The maximum atomic E-state index is 5.06. The molecule has 1 aromatic heterocycles. The minimum atomic E-state index is 0.716. The molecule has 86 valence electrons. The molecule has 0 bridgehead atoms. The van der Waals surface area contributed by atoms with Gasteiger partial charge >= 0.3 is 0 Å². The monoisotopic (exact) mass is 211 g/mol. The highest BCUT2D eigenvalue weighted by Crippen LogP contribution is 2.13. The van der Waals surface area contributed by atoms with Crippen LogP contribution >= 0.6 is 0 Å². The molecule has 0 fully saturated rings. The Morgan fingerprint density at radius 2 is 2.13 bits per heavy atom. The molecule has 0 radical (unpaired) electrons. The molecule has 0 spiro atoms. The van der Waals surface area contributed by atoms with Crippen molar-refractivity contribution in [2.24, 2.45) is 0 Å². The molecule has 0 aliphatic carbocycles. The molecule has 1 rings (SSSR count). The van der Waals surface area contributed by atoms with E-state index in [0.717, 1.165) is 25.2 Å². The largest absolute Gasteiger partial charge is 0.383 e. The second-order valence-electron chi connectivity index (χ2n) is 3.72. The lowest BCUT2D eigenvalue weighted by atomic mass is 10.1. The van der Waals surface area contributed by atoms with Crippen molar-refractivity contribution in [3.8, 4) is 0 Å². The number of nitrogens with zero attached hydrogens (tertiary/aromatic N) is 2. The number of methoxy groups -OCH3 is 1. The first kappa shape index (κ1) is 12.2. The van der Waals surface area contributed by atoms with E-state index in [1.165, 1.54) is 11.3 Å². The molecular weight excluding hydrogens is 190 g/mol. The second-order valence-corrected chi connectivity index (χ2v) is 3.72. The Labute approximate surface area is 91.6 Å². The van der Waals surface area contributed by atoms with Crippen LogP contribution in [0.5, 0.6) is 0 Å². The lowest BCUT2D eigenvalue weighted by Gasteiger charge is -2.04. The molecule has 0 unspecified atom stereocenters. The first-order valence-electron chi connectivity index (χ1n) is 5.37. The molecule has 0 saturated carbocycles. The van der Waals surface area contributed by atoms with E-state index in [0.29, 0.717) is 6.61 Å². The molecule has 0 aromatic carbocycles. The van der Waals surface area contributed by atoms with Gasteiger partial charge in [-0.25, -0.2) is 0 Å². The van der Waals surface area contributed by atoms with Crippen LogP contribution in [0.1, 0.15) is 17.0 Å². The summed E-state index contributed by atoms with van der Waals surface area (Å²) in [5.41, 5.74) is 3.76. The van der Waals surface area contributed by atoms with Gasteiger partial charge < -0.3 is 10.1 Å². The number of likely N-dealkylation sites (N-methyl/N-ethyl adjacent to an activating group) is 1. The average Bonchev–Trinajstić information content (AvgIpc) is 2.49. The van der Waals surface area contributed by atoms with E-state index in [2.05, 4.69) is 24.3 Å². The molecule has 1 N–H and O–H groups in total. The van der Waals surface area contributed by atoms with Gasteiger partial charge in [0, 0.05) is 12.8 Å². The van der Waals surface area contributed by atoms with Crippen molar-refractivity contribution in [3.05, 3.63) is 17.0 Å². The van der Waals surface area contributed by atoms with E-state index in [-0.39, 0.29) is 0 Å². The Morgan fingerprint density at radius 1 is 1.40 bits per heavy atom. The van der Waals surface area contributed by atoms with Gasteiger partial charge in [-0.2, -0.15) is 5.10 Å². The Hall–Kier alpha value is -0.870. The van der Waals surface area contributed by atoms with Crippen LogP contribution in [0.3, 0.4) is 0 Å². The number of nitrogens with one attached hydrogen (secondary N) is 1. The van der Waals surface area contributed by atoms with Crippen molar-refractivity contribution >= 4 is 0 Å². The fourth-order valence-corrected chi connectivity index (χ4v) is 1.74. The van der Waals surface area contributed by atoms with Gasteiger partial charge in [0.15, 0.2) is 0 Å². The molecular formula is C11H21N3O. The molecule has 0 amide bonds. The fourth-order valence-electron chi connectivity index (χ4n) is 1.74. The Balaban J connectivity index is 2.74. The molecule has 0 atom stereocenters. The number of ether oxygens (including phenoxy) is 1. The zero-order chi connectivity index (χ0) is 11.3. The predicted octanol–water partition coefficient (Wildman–Crippen LogP) is 0.908. The fraction of sp³-hybridized carbons (Fsp3) is 0.727. The van der Waals surface area contributed by atoms with Crippen molar-refractivity contribution in [1.82, 2.24) is 15.1 Å². The normalized spacial score (nSPS) is 10.9. The summed E-state index contributed by atoms with van der Waals surface area (Å²) in [6, 6.07) is 0. The van der Waals surface area contributed by atoms with Crippen LogP contribution in [0.25, 0.3) is 0 Å². The zero-order valence-corrected chi connectivity index (χ0v) is 10.1. The summed E-state index contributed by atoms with van der Waals surface area (Å²) >= 11 is 0.